The van der Waals surface area contributed by atoms with Gasteiger partial charge in [-0.25, -0.2) is 0 Å². The molecule has 0 saturated carbocycles. The number of nitrogens with zero attached hydrogens (tertiary/aromatic N) is 1. The van der Waals surface area contributed by atoms with E-state index in [2.05, 4.69) is 9.72 Å². The molecule has 1 unspecified atom stereocenters. The maximum atomic E-state index is 6.63. The van der Waals surface area contributed by atoms with Gasteiger partial charge in [0.25, 0.3) is 0 Å². The number of hydrogen-bond donors (Lipinski definition) is 2. The van der Waals surface area contributed by atoms with Crippen molar-refractivity contribution in [1.82, 2.24) is 9.72 Å². The van der Waals surface area contributed by atoms with E-state index >= 15 is 0 Å². The predicted molar refractivity (Wildman–Crippen MR) is 163 cm³/mol. The van der Waals surface area contributed by atoms with E-state index in [-0.39, 0.29) is 0 Å². The summed E-state index contributed by atoms with van der Waals surface area (Å²) >= 11 is 0. The third-order valence-corrected chi connectivity index (χ3v) is 16.1. The topological polar surface area (TPSA) is 91.8 Å². The summed E-state index contributed by atoms with van der Waals surface area (Å²) in [6.45, 7) is 12.8. The van der Waals surface area contributed by atoms with Crippen LogP contribution in [0.5, 0.6) is 17.2 Å². The zero-order chi connectivity index (χ0) is 27.9. The van der Waals surface area contributed by atoms with E-state index < -0.39 is 23.7 Å². The normalized spacial score (nSPS) is 21.3. The maximum absolute atomic E-state index is 6.63. The Bertz CT molecular complexity index is 1280. The molecule has 0 aromatic heterocycles. The van der Waals surface area contributed by atoms with Gasteiger partial charge in [0.15, 0.2) is 0 Å². The summed E-state index contributed by atoms with van der Waals surface area (Å²) in [7, 11) is -10.6. The van der Waals surface area contributed by atoms with Gasteiger partial charge in [0.2, 0.25) is 0 Å². The molecule has 0 amide bonds. The van der Waals surface area contributed by atoms with Crippen LogP contribution in [0.25, 0.3) is 0 Å². The third-order valence-electron chi connectivity index (χ3n) is 5.68. The molecule has 0 fully saturated rings. The Morgan fingerprint density at radius 1 is 0.641 bits per heavy atom. The van der Waals surface area contributed by atoms with Crippen molar-refractivity contribution in [2.45, 2.75) is 41.5 Å². The Morgan fingerprint density at radius 2 is 1.13 bits per heavy atom. The van der Waals surface area contributed by atoms with Crippen molar-refractivity contribution in [3.8, 4) is 17.2 Å². The molecule has 0 saturated heterocycles. The Morgan fingerprint density at radius 3 is 1.62 bits per heavy atom. The zero-order valence-corrected chi connectivity index (χ0v) is 26.3. The summed E-state index contributed by atoms with van der Waals surface area (Å²) in [5, 5.41) is 0. The van der Waals surface area contributed by atoms with Crippen LogP contribution in [0.15, 0.2) is 77.3 Å². The van der Waals surface area contributed by atoms with E-state index in [4.69, 9.17) is 31.7 Å². The summed E-state index contributed by atoms with van der Waals surface area (Å²) in [5.41, 5.74) is 3.35. The van der Waals surface area contributed by atoms with Crippen LogP contribution in [0.1, 0.15) is 37.5 Å². The molecule has 1 atom stereocenters. The van der Waals surface area contributed by atoms with Crippen LogP contribution in [-0.4, -0.2) is 19.8 Å². The molecule has 39 heavy (non-hydrogen) atoms. The van der Waals surface area contributed by atoms with Crippen molar-refractivity contribution in [3.05, 3.63) is 89.5 Å². The number of aryl methyl sites for hydroxylation is 3. The molecular weight excluding hydrogens is 555 g/mol. The van der Waals surface area contributed by atoms with Gasteiger partial charge < -0.3 is 0 Å². The van der Waals surface area contributed by atoms with Crippen LogP contribution in [0.2, 0.25) is 0 Å². The molecule has 1 aliphatic heterocycles. The van der Waals surface area contributed by atoms with E-state index in [9.17, 15) is 0 Å². The average Bonchev–Trinajstić information content (AvgIpc) is 2.88. The second kappa shape index (κ2) is 13.1. The molecule has 9 nitrogen and oxygen atoms in total. The molecule has 12 heteroatoms. The first kappa shape index (κ1) is 29.9. The third kappa shape index (κ3) is 7.79. The van der Waals surface area contributed by atoms with Crippen molar-refractivity contribution in [3.63, 3.8) is 0 Å². The fourth-order valence-corrected chi connectivity index (χ4v) is 15.8. The molecule has 3 aromatic rings. The first-order valence-electron chi connectivity index (χ1n) is 13.1. The number of rotatable bonds is 12. The molecule has 3 aromatic carbocycles. The fourth-order valence-electron chi connectivity index (χ4n) is 3.92. The minimum atomic E-state index is -3.69. The van der Waals surface area contributed by atoms with Gasteiger partial charge in [-0.3, -0.25) is 0 Å². The molecule has 1 aliphatic rings. The van der Waals surface area contributed by atoms with Gasteiger partial charge in [-0.15, -0.1) is 0 Å². The quantitative estimate of drug-likeness (QED) is 0.203. The standard InChI is InChI=1S/C27H40N3O6P3/c1-7-31-37(34-25-16-10-22(4)11-17-25)28-38(32-8-2,35-26-18-12-23(5)13-19-26)30-39(29-37,33-9-3)36-27-20-14-24(6)15-21-27/h10-21,28-29,37-38H,7-9H2,1-6H3. The van der Waals surface area contributed by atoms with Crippen LogP contribution in [0.4, 0.5) is 0 Å². The summed E-state index contributed by atoms with van der Waals surface area (Å²) < 4.78 is 44.0. The van der Waals surface area contributed by atoms with Gasteiger partial charge >= 0.3 is 233 Å². The zero-order valence-electron chi connectivity index (χ0n) is 23.4. The molecule has 1 heterocycles. The summed E-state index contributed by atoms with van der Waals surface area (Å²) in [6, 6.07) is 23.3. The van der Waals surface area contributed by atoms with Gasteiger partial charge in [-0.2, -0.15) is 0 Å². The van der Waals surface area contributed by atoms with Crippen LogP contribution < -0.4 is 23.3 Å². The molecule has 0 radical (unpaired) electrons. The van der Waals surface area contributed by atoms with E-state index in [1.807, 2.05) is 114 Å². The van der Waals surface area contributed by atoms with Crippen LogP contribution in [-0.2, 0) is 13.6 Å². The Balaban J connectivity index is 1.88. The van der Waals surface area contributed by atoms with E-state index in [1.165, 1.54) is 0 Å². The molecule has 0 spiro atoms. The molecule has 4 rings (SSSR count). The van der Waals surface area contributed by atoms with Gasteiger partial charge in [-0.1, -0.05) is 0 Å². The SMILES string of the molecule is CCOP1(Oc2ccc(C)cc2)=N[PH](OCC)(Oc2ccc(C)cc2)N[PH](OCC)(Oc2ccc(C)cc2)N1. The number of nitrogens with one attached hydrogen (secondary N) is 2. The first-order chi connectivity index (χ1) is 18.7. The second-order valence-corrected chi connectivity index (χ2v) is 16.6. The Hall–Kier alpha value is -2.05. The number of hydrogen-bond acceptors (Lipinski definition) is 9. The number of benzene rings is 3. The van der Waals surface area contributed by atoms with Gasteiger partial charge in [0.05, 0.1) is 0 Å². The minimum absolute atomic E-state index is 0.332. The van der Waals surface area contributed by atoms with Gasteiger partial charge in [0, 0.05) is 0 Å². The van der Waals surface area contributed by atoms with Crippen LogP contribution in [0.3, 0.4) is 0 Å². The van der Waals surface area contributed by atoms with E-state index in [1.54, 1.807) is 0 Å². The molecule has 214 valence electrons. The predicted octanol–water partition coefficient (Wildman–Crippen LogP) is 8.22. The van der Waals surface area contributed by atoms with Crippen molar-refractivity contribution in [1.29, 1.82) is 0 Å². The summed E-state index contributed by atoms with van der Waals surface area (Å²) in [6.07, 6.45) is 0. The summed E-state index contributed by atoms with van der Waals surface area (Å²) in [5.74, 6) is 1.84. The Labute approximate surface area is 233 Å². The van der Waals surface area contributed by atoms with Gasteiger partial charge in [0.1, 0.15) is 0 Å². The fraction of sp³-hybridized carbons (Fsp3) is 0.333. The molecule has 2 N–H and O–H groups in total. The van der Waals surface area contributed by atoms with Crippen LogP contribution >= 0.6 is 23.7 Å². The average molecular weight is 596 g/mol. The van der Waals surface area contributed by atoms with Crippen molar-refractivity contribution in [2.75, 3.05) is 19.8 Å². The molecule has 0 bridgehead atoms. The van der Waals surface area contributed by atoms with Crippen molar-refractivity contribution < 1.29 is 27.1 Å². The second-order valence-electron chi connectivity index (χ2n) is 9.07. The van der Waals surface area contributed by atoms with Crippen LogP contribution in [0, 0.1) is 20.8 Å². The van der Waals surface area contributed by atoms with Gasteiger partial charge in [-0.05, 0) is 0 Å². The summed E-state index contributed by atoms with van der Waals surface area (Å²) in [4.78, 5) is 6.97. The molecular formula is C27H40N3O6P3. The van der Waals surface area contributed by atoms with E-state index in [0.717, 1.165) is 16.7 Å². The van der Waals surface area contributed by atoms with E-state index in [0.29, 0.717) is 37.1 Å². The monoisotopic (exact) mass is 595 g/mol. The van der Waals surface area contributed by atoms with Crippen molar-refractivity contribution in [2.24, 2.45) is 4.52 Å². The molecule has 0 aliphatic carbocycles. The Kier molecular flexibility index (Phi) is 10.0. The van der Waals surface area contributed by atoms with Crippen molar-refractivity contribution >= 4 is 23.7 Å². The first-order valence-corrected chi connectivity index (χ1v) is 18.3.